The van der Waals surface area contributed by atoms with Gasteiger partial charge in [0.2, 0.25) is 0 Å². The van der Waals surface area contributed by atoms with Crippen molar-refractivity contribution in [1.82, 2.24) is 30.1 Å². The van der Waals surface area contributed by atoms with Gasteiger partial charge < -0.3 is 14.7 Å². The molecule has 3 aliphatic rings. The van der Waals surface area contributed by atoms with E-state index in [4.69, 9.17) is 4.74 Å². The molecule has 1 unspecified atom stereocenters. The zero-order valence-corrected chi connectivity index (χ0v) is 21.3. The molecule has 208 valence electrons. The number of hydrazine groups is 1. The van der Waals surface area contributed by atoms with Crippen molar-refractivity contribution in [3.8, 4) is 0 Å². The van der Waals surface area contributed by atoms with Gasteiger partial charge in [0.05, 0.1) is 36.7 Å². The Morgan fingerprint density at radius 1 is 1.15 bits per heavy atom. The smallest absolute Gasteiger partial charge is 0.379 e. The molecule has 6 rings (SSSR count). The lowest BCUT2D eigenvalue weighted by molar-refractivity contribution is -0.141. The second-order valence-electron chi connectivity index (χ2n) is 10.7. The Morgan fingerprint density at radius 3 is 2.51 bits per heavy atom. The molecule has 39 heavy (non-hydrogen) atoms. The van der Waals surface area contributed by atoms with Crippen molar-refractivity contribution in [3.05, 3.63) is 70.6 Å². The number of fused-ring (bicyclic) bond motifs is 1. The van der Waals surface area contributed by atoms with Gasteiger partial charge in [-0.2, -0.15) is 13.2 Å². The largest absolute Gasteiger partial charge is 0.433 e. The van der Waals surface area contributed by atoms with E-state index in [2.05, 4.69) is 26.0 Å². The molecular weight excluding hydrogens is 521 g/mol. The van der Waals surface area contributed by atoms with Crippen LogP contribution in [-0.2, 0) is 29.8 Å². The molecule has 0 spiro atoms. The lowest BCUT2D eigenvalue weighted by atomic mass is 9.74. The number of nitrogens with one attached hydrogen (secondary N) is 2. The van der Waals surface area contributed by atoms with E-state index in [1.807, 2.05) is 35.9 Å². The Kier molecular flexibility index (Phi) is 6.35. The normalized spacial score (nSPS) is 25.3. The number of likely N-dealkylation sites (tertiary alicyclic amines) is 1. The van der Waals surface area contributed by atoms with Crippen LogP contribution in [0.25, 0.3) is 0 Å². The SMILES string of the molecule is C[C@H](c1nc(C(F)(F)F)cc2c1NNC2c1cccc(C2(Cc3nncn3C)COC2)c1)N1C[C@H](F)[C@@H](F)C1. The van der Waals surface area contributed by atoms with Crippen molar-refractivity contribution < 1.29 is 26.7 Å². The molecule has 2 saturated heterocycles. The van der Waals surface area contributed by atoms with Crippen LogP contribution >= 0.6 is 0 Å². The molecule has 2 N–H and O–H groups in total. The average molecular weight is 550 g/mol. The molecule has 5 heterocycles. The number of rotatable bonds is 6. The molecule has 0 saturated carbocycles. The van der Waals surface area contributed by atoms with Crippen molar-refractivity contribution in [3.63, 3.8) is 0 Å². The minimum Gasteiger partial charge on any atom is -0.379 e. The fourth-order valence-electron chi connectivity index (χ4n) is 5.66. The van der Waals surface area contributed by atoms with Crippen molar-refractivity contribution >= 4 is 5.69 Å². The Labute approximate surface area is 221 Å². The maximum Gasteiger partial charge on any atom is 0.433 e. The van der Waals surface area contributed by atoms with E-state index >= 15 is 0 Å². The van der Waals surface area contributed by atoms with Crippen molar-refractivity contribution in [1.29, 1.82) is 0 Å². The third kappa shape index (κ3) is 4.55. The van der Waals surface area contributed by atoms with Gasteiger partial charge in [0, 0.05) is 37.5 Å². The predicted octanol–water partition coefficient (Wildman–Crippen LogP) is 3.81. The highest BCUT2D eigenvalue weighted by atomic mass is 19.4. The van der Waals surface area contributed by atoms with Crippen LogP contribution in [0, 0.1) is 0 Å². The lowest BCUT2D eigenvalue weighted by Crippen LogP contribution is -2.49. The van der Waals surface area contributed by atoms with Crippen LogP contribution in [0.4, 0.5) is 27.6 Å². The fraction of sp³-hybridized carbons (Fsp3) is 0.500. The summed E-state index contributed by atoms with van der Waals surface area (Å²) in [6.07, 6.45) is -5.82. The minimum absolute atomic E-state index is 0.0958. The number of aryl methyl sites for hydroxylation is 1. The van der Waals surface area contributed by atoms with E-state index in [1.54, 1.807) is 13.3 Å². The first-order valence-electron chi connectivity index (χ1n) is 12.7. The number of aromatic nitrogens is 4. The monoisotopic (exact) mass is 549 g/mol. The van der Waals surface area contributed by atoms with Crippen LogP contribution in [0.3, 0.4) is 0 Å². The summed E-state index contributed by atoms with van der Waals surface area (Å²) in [6, 6.07) is 7.39. The molecule has 0 radical (unpaired) electrons. The van der Waals surface area contributed by atoms with E-state index in [1.165, 1.54) is 4.90 Å². The molecule has 0 bridgehead atoms. The van der Waals surface area contributed by atoms with Crippen molar-refractivity contribution in [2.45, 2.75) is 49.4 Å². The number of hydrogen-bond donors (Lipinski definition) is 2. The van der Waals surface area contributed by atoms with Gasteiger partial charge in [0.15, 0.2) is 0 Å². The topological polar surface area (TPSA) is 80.1 Å². The number of alkyl halides is 5. The minimum atomic E-state index is -4.70. The molecule has 13 heteroatoms. The van der Waals surface area contributed by atoms with Crippen molar-refractivity contribution in [2.24, 2.45) is 7.05 Å². The summed E-state index contributed by atoms with van der Waals surface area (Å²) in [5.41, 5.74) is 7.35. The van der Waals surface area contributed by atoms with Crippen LogP contribution < -0.4 is 10.9 Å². The van der Waals surface area contributed by atoms with Gasteiger partial charge in [-0.05, 0) is 24.1 Å². The molecule has 4 atom stereocenters. The number of hydrogen-bond acceptors (Lipinski definition) is 7. The molecule has 2 fully saturated rings. The van der Waals surface area contributed by atoms with Crippen LogP contribution in [0.15, 0.2) is 36.7 Å². The van der Waals surface area contributed by atoms with Gasteiger partial charge in [-0.25, -0.2) is 19.2 Å². The molecule has 1 aromatic carbocycles. The van der Waals surface area contributed by atoms with E-state index < -0.39 is 36.3 Å². The number of anilines is 1. The first-order valence-corrected chi connectivity index (χ1v) is 12.7. The number of halogens is 5. The number of nitrogens with zero attached hydrogens (tertiary/aromatic N) is 5. The third-order valence-electron chi connectivity index (χ3n) is 8.07. The molecule has 8 nitrogen and oxygen atoms in total. The zero-order chi connectivity index (χ0) is 27.5. The maximum absolute atomic E-state index is 14.0. The third-order valence-corrected chi connectivity index (χ3v) is 8.07. The summed E-state index contributed by atoms with van der Waals surface area (Å²) in [4.78, 5) is 5.41. The van der Waals surface area contributed by atoms with E-state index in [0.29, 0.717) is 30.9 Å². The first-order chi connectivity index (χ1) is 18.6. The van der Waals surface area contributed by atoms with E-state index in [0.717, 1.165) is 23.0 Å². The van der Waals surface area contributed by atoms with Gasteiger partial charge in [-0.1, -0.05) is 24.3 Å². The number of benzene rings is 1. The van der Waals surface area contributed by atoms with Crippen LogP contribution in [0.2, 0.25) is 0 Å². The Hall–Kier alpha value is -3.16. The molecule has 0 amide bonds. The van der Waals surface area contributed by atoms with Gasteiger partial charge in [-0.3, -0.25) is 4.90 Å². The van der Waals surface area contributed by atoms with E-state index in [9.17, 15) is 22.0 Å². The summed E-state index contributed by atoms with van der Waals surface area (Å²) in [7, 11) is 1.87. The highest BCUT2D eigenvalue weighted by Gasteiger charge is 2.44. The Balaban J connectivity index is 1.37. The summed E-state index contributed by atoms with van der Waals surface area (Å²) in [6.45, 7) is 2.19. The zero-order valence-electron chi connectivity index (χ0n) is 21.3. The van der Waals surface area contributed by atoms with Crippen LogP contribution in [0.5, 0.6) is 0 Å². The maximum atomic E-state index is 14.0. The summed E-state index contributed by atoms with van der Waals surface area (Å²) in [5, 5.41) is 8.17. The van der Waals surface area contributed by atoms with Crippen molar-refractivity contribution in [2.75, 3.05) is 31.7 Å². The quantitative estimate of drug-likeness (QED) is 0.453. The fourth-order valence-corrected chi connectivity index (χ4v) is 5.66. The summed E-state index contributed by atoms with van der Waals surface area (Å²) in [5.74, 6) is 0.808. The van der Waals surface area contributed by atoms with Crippen LogP contribution in [0.1, 0.15) is 52.9 Å². The highest BCUT2D eigenvalue weighted by molar-refractivity contribution is 5.63. The number of pyridine rings is 1. The van der Waals surface area contributed by atoms with E-state index in [-0.39, 0.29) is 24.2 Å². The summed E-state index contributed by atoms with van der Waals surface area (Å²) >= 11 is 0. The Morgan fingerprint density at radius 2 is 1.90 bits per heavy atom. The van der Waals surface area contributed by atoms with Crippen LogP contribution in [-0.4, -0.2) is 63.3 Å². The van der Waals surface area contributed by atoms with Gasteiger partial charge in [0.25, 0.3) is 0 Å². The molecular formula is C26H28F5N7O. The molecule has 3 aliphatic heterocycles. The lowest BCUT2D eigenvalue weighted by Gasteiger charge is -2.42. The Bertz CT molecular complexity index is 1360. The second kappa shape index (κ2) is 9.49. The molecule has 0 aliphatic carbocycles. The highest BCUT2D eigenvalue weighted by Crippen LogP contribution is 2.44. The predicted molar refractivity (Wildman–Crippen MR) is 131 cm³/mol. The van der Waals surface area contributed by atoms with Gasteiger partial charge in [-0.15, -0.1) is 10.2 Å². The van der Waals surface area contributed by atoms with Gasteiger partial charge in [0.1, 0.15) is 30.2 Å². The molecule has 3 aromatic rings. The first kappa shape index (κ1) is 26.1. The number of ether oxygens (including phenoxy) is 1. The van der Waals surface area contributed by atoms with Gasteiger partial charge >= 0.3 is 6.18 Å². The second-order valence-corrected chi connectivity index (χ2v) is 10.7. The summed E-state index contributed by atoms with van der Waals surface area (Å²) < 4.78 is 77.1. The standard InChI is InChI=1S/C26H28F5N7O/c1-14(38-9-18(27)19(28)10-38)22-24-17(7-20(33-22)26(29,30)31)23(35-36-24)15-4-3-5-16(6-15)25(11-39-12-25)8-21-34-32-13-37(21)2/h3-7,13-14,18-19,23,35-36H,8-12H2,1-2H3/t14-,18+,19+,23?/m1/s1. The molecule has 2 aromatic heterocycles. The average Bonchev–Trinajstić information content (AvgIpc) is 3.58.